The van der Waals surface area contributed by atoms with E-state index in [0.29, 0.717) is 10.8 Å². The zero-order chi connectivity index (χ0) is 10.7. The van der Waals surface area contributed by atoms with E-state index in [0.717, 1.165) is 0 Å². The van der Waals surface area contributed by atoms with Gasteiger partial charge in [0.25, 0.3) is 0 Å². The summed E-state index contributed by atoms with van der Waals surface area (Å²) >= 11 is 0. The van der Waals surface area contributed by atoms with Crippen LogP contribution >= 0.6 is 0 Å². The van der Waals surface area contributed by atoms with Crippen LogP contribution in [0.25, 0.3) is 0 Å². The summed E-state index contributed by atoms with van der Waals surface area (Å²) in [6.45, 7) is 16.0. The third-order valence-corrected chi connectivity index (χ3v) is 2.53. The van der Waals surface area contributed by atoms with Crippen LogP contribution in [0.2, 0.25) is 0 Å². The molecule has 0 nitrogen and oxygen atoms in total. The maximum Gasteiger partial charge on any atom is -0.0176 e. The molecule has 0 aliphatic rings. The number of rotatable bonds is 2. The summed E-state index contributed by atoms with van der Waals surface area (Å²) in [5.41, 5.74) is 2.32. The van der Waals surface area contributed by atoms with Gasteiger partial charge in [0.15, 0.2) is 0 Å². The quantitative estimate of drug-likeness (QED) is 0.538. The van der Waals surface area contributed by atoms with Crippen molar-refractivity contribution in [3.05, 3.63) is 11.6 Å². The normalized spacial score (nSPS) is 14.8. The first-order chi connectivity index (χ1) is 5.63. The van der Waals surface area contributed by atoms with Crippen LogP contribution in [0.4, 0.5) is 0 Å². The van der Waals surface area contributed by atoms with Crippen molar-refractivity contribution < 1.29 is 0 Å². The average molecular weight is 182 g/mol. The highest BCUT2D eigenvalue weighted by molar-refractivity contribution is 5.07. The van der Waals surface area contributed by atoms with E-state index >= 15 is 0 Å². The van der Waals surface area contributed by atoms with E-state index in [9.17, 15) is 0 Å². The SMILES string of the molecule is CC(=CCCC(C)(C)C)C(C)(C)C. The summed E-state index contributed by atoms with van der Waals surface area (Å²) in [5, 5.41) is 0. The zero-order valence-corrected chi connectivity index (χ0v) is 10.5. The number of allylic oxidation sites excluding steroid dienone is 2. The molecule has 0 radical (unpaired) electrons. The van der Waals surface area contributed by atoms with Crippen LogP contribution in [0.3, 0.4) is 0 Å². The first kappa shape index (κ1) is 12.7. The molecule has 0 spiro atoms. The van der Waals surface area contributed by atoms with E-state index in [1.54, 1.807) is 0 Å². The van der Waals surface area contributed by atoms with Crippen molar-refractivity contribution in [2.45, 2.75) is 61.3 Å². The van der Waals surface area contributed by atoms with Crippen molar-refractivity contribution in [1.82, 2.24) is 0 Å². The van der Waals surface area contributed by atoms with Gasteiger partial charge in [0.1, 0.15) is 0 Å². The fourth-order valence-electron chi connectivity index (χ4n) is 1.03. The summed E-state index contributed by atoms with van der Waals surface area (Å²) in [6, 6.07) is 0. The van der Waals surface area contributed by atoms with Crippen LogP contribution < -0.4 is 0 Å². The number of hydrogen-bond acceptors (Lipinski definition) is 0. The Morgan fingerprint density at radius 3 is 1.77 bits per heavy atom. The summed E-state index contributed by atoms with van der Waals surface area (Å²) in [5.74, 6) is 0. The lowest BCUT2D eigenvalue weighted by molar-refractivity contribution is 0.379. The van der Waals surface area contributed by atoms with Gasteiger partial charge in [-0.2, -0.15) is 0 Å². The molecule has 0 aromatic heterocycles. The first-order valence-corrected chi connectivity index (χ1v) is 5.30. The van der Waals surface area contributed by atoms with E-state index in [4.69, 9.17) is 0 Å². The molecular formula is C13H26. The van der Waals surface area contributed by atoms with Gasteiger partial charge in [0.2, 0.25) is 0 Å². The van der Waals surface area contributed by atoms with Crippen molar-refractivity contribution in [3.8, 4) is 0 Å². The Labute approximate surface area is 84.4 Å². The first-order valence-electron chi connectivity index (χ1n) is 5.30. The molecule has 0 fully saturated rings. The van der Waals surface area contributed by atoms with Gasteiger partial charge in [-0.25, -0.2) is 0 Å². The Balaban J connectivity index is 4.00. The Kier molecular flexibility index (Phi) is 4.22. The molecule has 0 unspecified atom stereocenters. The zero-order valence-electron chi connectivity index (χ0n) is 10.5. The minimum atomic E-state index is 0.345. The second kappa shape index (κ2) is 4.30. The van der Waals surface area contributed by atoms with Crippen LogP contribution in [0.5, 0.6) is 0 Å². The van der Waals surface area contributed by atoms with Gasteiger partial charge >= 0.3 is 0 Å². The smallest absolute Gasteiger partial charge is 0.0176 e. The lowest BCUT2D eigenvalue weighted by Crippen LogP contribution is -2.07. The molecule has 0 aromatic rings. The lowest BCUT2D eigenvalue weighted by Gasteiger charge is -2.21. The van der Waals surface area contributed by atoms with Gasteiger partial charge in [-0.15, -0.1) is 0 Å². The minimum absolute atomic E-state index is 0.345. The molecule has 0 rings (SSSR count). The second-order valence-corrected chi connectivity index (χ2v) is 6.24. The molecule has 0 aliphatic carbocycles. The van der Waals surface area contributed by atoms with Gasteiger partial charge in [0, 0.05) is 0 Å². The molecule has 0 saturated heterocycles. The summed E-state index contributed by atoms with van der Waals surface area (Å²) in [4.78, 5) is 0. The van der Waals surface area contributed by atoms with Crippen LogP contribution in [0.1, 0.15) is 61.3 Å². The van der Waals surface area contributed by atoms with Crippen molar-refractivity contribution in [2.24, 2.45) is 10.8 Å². The van der Waals surface area contributed by atoms with Crippen molar-refractivity contribution in [2.75, 3.05) is 0 Å². The third kappa shape index (κ3) is 6.86. The molecule has 0 atom stereocenters. The third-order valence-electron chi connectivity index (χ3n) is 2.53. The Morgan fingerprint density at radius 2 is 1.46 bits per heavy atom. The Morgan fingerprint density at radius 1 is 1.00 bits per heavy atom. The lowest BCUT2D eigenvalue weighted by atomic mass is 9.85. The van der Waals surface area contributed by atoms with Crippen molar-refractivity contribution >= 4 is 0 Å². The van der Waals surface area contributed by atoms with Crippen LogP contribution in [-0.4, -0.2) is 0 Å². The molecule has 78 valence electrons. The van der Waals surface area contributed by atoms with E-state index in [1.165, 1.54) is 18.4 Å². The Hall–Kier alpha value is -0.260. The van der Waals surface area contributed by atoms with E-state index < -0.39 is 0 Å². The van der Waals surface area contributed by atoms with Gasteiger partial charge in [-0.05, 0) is 30.6 Å². The van der Waals surface area contributed by atoms with Gasteiger partial charge in [-0.3, -0.25) is 0 Å². The standard InChI is InChI=1S/C13H26/c1-11(13(5,6)7)9-8-10-12(2,3)4/h9H,8,10H2,1-7H3. The molecule has 13 heavy (non-hydrogen) atoms. The van der Waals surface area contributed by atoms with E-state index in [1.807, 2.05) is 0 Å². The highest BCUT2D eigenvalue weighted by Gasteiger charge is 2.13. The average Bonchev–Trinajstić information content (AvgIpc) is 1.82. The minimum Gasteiger partial charge on any atom is -0.0851 e. The highest BCUT2D eigenvalue weighted by Crippen LogP contribution is 2.27. The topological polar surface area (TPSA) is 0 Å². The molecule has 0 saturated carbocycles. The Bertz CT molecular complexity index is 171. The molecule has 0 aromatic carbocycles. The molecule has 0 amide bonds. The predicted octanol–water partition coefficient (Wildman–Crippen LogP) is 4.81. The van der Waals surface area contributed by atoms with E-state index in [-0.39, 0.29) is 0 Å². The molecule has 0 heterocycles. The molecule has 0 N–H and O–H groups in total. The predicted molar refractivity (Wildman–Crippen MR) is 61.9 cm³/mol. The monoisotopic (exact) mass is 182 g/mol. The van der Waals surface area contributed by atoms with Crippen molar-refractivity contribution in [3.63, 3.8) is 0 Å². The van der Waals surface area contributed by atoms with Gasteiger partial charge < -0.3 is 0 Å². The largest absolute Gasteiger partial charge is 0.0851 e. The molecular weight excluding hydrogens is 156 g/mol. The maximum atomic E-state index is 2.39. The fraction of sp³-hybridized carbons (Fsp3) is 0.846. The summed E-state index contributed by atoms with van der Waals surface area (Å²) < 4.78 is 0. The molecule has 0 bridgehead atoms. The fourth-order valence-corrected chi connectivity index (χ4v) is 1.03. The highest BCUT2D eigenvalue weighted by atomic mass is 14.2. The summed E-state index contributed by atoms with van der Waals surface area (Å²) in [7, 11) is 0. The van der Waals surface area contributed by atoms with Crippen molar-refractivity contribution in [1.29, 1.82) is 0 Å². The number of hydrogen-bond donors (Lipinski definition) is 0. The molecule has 0 heteroatoms. The maximum absolute atomic E-state index is 2.39. The van der Waals surface area contributed by atoms with Gasteiger partial charge in [-0.1, -0.05) is 53.2 Å². The summed E-state index contributed by atoms with van der Waals surface area (Å²) in [6.07, 6.45) is 4.89. The second-order valence-electron chi connectivity index (χ2n) is 6.24. The van der Waals surface area contributed by atoms with Crippen LogP contribution in [0.15, 0.2) is 11.6 Å². The van der Waals surface area contributed by atoms with Gasteiger partial charge in [0.05, 0.1) is 0 Å². The van der Waals surface area contributed by atoms with Crippen LogP contribution in [0, 0.1) is 10.8 Å². The molecule has 0 aliphatic heterocycles. The van der Waals surface area contributed by atoms with Crippen LogP contribution in [-0.2, 0) is 0 Å². The van der Waals surface area contributed by atoms with E-state index in [2.05, 4.69) is 54.5 Å².